The number of aromatic nitrogens is 2. The zero-order valence-corrected chi connectivity index (χ0v) is 38.7. The molecular weight excluding hydrogens is 929 g/mol. The van der Waals surface area contributed by atoms with Gasteiger partial charge in [-0.05, 0) is 72.5 Å². The molecule has 2 aromatic heterocycles. The minimum absolute atomic E-state index is 0.0984. The number of carbonyl (C=O) groups excluding carboxylic acids is 3. The molecule has 6 aromatic rings. The van der Waals surface area contributed by atoms with Gasteiger partial charge in [0.15, 0.2) is 5.78 Å². The molecule has 2 atom stereocenters. The van der Waals surface area contributed by atoms with E-state index in [1.54, 1.807) is 123 Å². The molecule has 2 aliphatic heterocycles. The number of alkyl halides is 6. The van der Waals surface area contributed by atoms with E-state index in [1.165, 1.54) is 9.80 Å². The lowest BCUT2D eigenvalue weighted by Crippen LogP contribution is -2.58. The Kier molecular flexibility index (Phi) is 14.3. The number of hydrogen-bond donors (Lipinski definition) is 0. The number of carbonyl (C=O) groups is 3. The number of rotatable bonds is 12. The van der Waals surface area contributed by atoms with Crippen molar-refractivity contribution in [2.45, 2.75) is 51.4 Å². The van der Waals surface area contributed by atoms with E-state index in [9.17, 15) is 40.7 Å². The van der Waals surface area contributed by atoms with Crippen molar-refractivity contribution in [2.75, 3.05) is 52.4 Å². The third kappa shape index (κ3) is 10.4. The highest BCUT2D eigenvalue weighted by Gasteiger charge is 2.42. The van der Waals surface area contributed by atoms with Gasteiger partial charge in [0.2, 0.25) is 0 Å². The van der Waals surface area contributed by atoms with E-state index in [4.69, 9.17) is 23.2 Å². The SMILES string of the molecule is CC(C(=O)C(C)N1CCN(C(=O)c2c(-c3ccc(Cl)cc3)cc(C(F)(F)F)n2Cc2ccccc2)CC1)N1CCN(C(=O)c2c(-c3ccc(Cl)cc3)cc(C(F)(F)F)n2Cc2ccccc2)CC1. The van der Waals surface area contributed by atoms with Crippen molar-refractivity contribution in [1.82, 2.24) is 28.7 Å². The molecular formula is C51H48Cl2F6N6O3. The van der Waals surface area contributed by atoms with Crippen LogP contribution in [0.4, 0.5) is 26.3 Å². The number of ketones is 1. The first kappa shape index (κ1) is 48.6. The molecule has 0 saturated carbocycles. The molecule has 2 fully saturated rings. The normalized spacial score (nSPS) is 16.2. The van der Waals surface area contributed by atoms with Crippen molar-refractivity contribution >= 4 is 40.8 Å². The van der Waals surface area contributed by atoms with Crippen molar-refractivity contribution in [2.24, 2.45) is 0 Å². The zero-order chi connectivity index (χ0) is 48.5. The molecule has 9 nitrogen and oxygen atoms in total. The fourth-order valence-electron chi connectivity index (χ4n) is 9.22. The van der Waals surface area contributed by atoms with Gasteiger partial charge >= 0.3 is 12.4 Å². The number of piperazine rings is 2. The largest absolute Gasteiger partial charge is 0.431 e. The highest BCUT2D eigenvalue weighted by Crippen LogP contribution is 2.40. The average Bonchev–Trinajstić information content (AvgIpc) is 3.91. The number of halogens is 8. The van der Waals surface area contributed by atoms with Crippen LogP contribution in [0.1, 0.15) is 57.3 Å². The first-order chi connectivity index (χ1) is 32.4. The third-order valence-electron chi connectivity index (χ3n) is 13.0. The van der Waals surface area contributed by atoms with E-state index in [-0.39, 0.29) is 93.7 Å². The Labute approximate surface area is 400 Å². The molecule has 2 unspecified atom stereocenters. The van der Waals surface area contributed by atoms with E-state index >= 15 is 0 Å². The molecule has 4 heterocycles. The average molecular weight is 978 g/mol. The second-order valence-electron chi connectivity index (χ2n) is 17.1. The second kappa shape index (κ2) is 20.0. The summed E-state index contributed by atoms with van der Waals surface area (Å²) in [5, 5.41) is 0.786. The summed E-state index contributed by atoms with van der Waals surface area (Å²) in [6.45, 7) is 4.95. The van der Waals surface area contributed by atoms with Gasteiger partial charge in [0.25, 0.3) is 11.8 Å². The molecule has 0 spiro atoms. The maximum absolute atomic E-state index is 14.7. The van der Waals surface area contributed by atoms with E-state index in [0.717, 1.165) is 21.3 Å². The maximum atomic E-state index is 14.7. The summed E-state index contributed by atoms with van der Waals surface area (Å²) >= 11 is 12.3. The molecule has 17 heteroatoms. The second-order valence-corrected chi connectivity index (χ2v) is 18.0. The summed E-state index contributed by atoms with van der Waals surface area (Å²) in [5.41, 5.74) is 0.132. The Morgan fingerprint density at radius 2 is 0.824 bits per heavy atom. The maximum Gasteiger partial charge on any atom is 0.431 e. The molecule has 356 valence electrons. The predicted octanol–water partition coefficient (Wildman–Crippen LogP) is 10.6. The van der Waals surface area contributed by atoms with Gasteiger partial charge in [0, 0.05) is 86.6 Å². The van der Waals surface area contributed by atoms with Crippen LogP contribution in [0.5, 0.6) is 0 Å². The fraction of sp³-hybridized carbons (Fsp3) is 0.314. The topological polar surface area (TPSA) is 74.0 Å². The van der Waals surface area contributed by atoms with E-state index in [2.05, 4.69) is 0 Å². The Bertz CT molecular complexity index is 2560. The molecule has 2 aliphatic rings. The summed E-state index contributed by atoms with van der Waals surface area (Å²) in [4.78, 5) is 50.0. The molecule has 68 heavy (non-hydrogen) atoms. The number of amides is 2. The third-order valence-corrected chi connectivity index (χ3v) is 13.5. The summed E-state index contributed by atoms with van der Waals surface area (Å²) in [5.74, 6) is -1.23. The van der Waals surface area contributed by atoms with Crippen molar-refractivity contribution in [3.63, 3.8) is 0 Å². The smallest absolute Gasteiger partial charge is 0.335 e. The lowest BCUT2D eigenvalue weighted by Gasteiger charge is -2.41. The van der Waals surface area contributed by atoms with Gasteiger partial charge in [-0.1, -0.05) is 108 Å². The van der Waals surface area contributed by atoms with E-state index < -0.39 is 47.6 Å². The highest BCUT2D eigenvalue weighted by atomic mass is 35.5. The molecule has 4 aromatic carbocycles. The van der Waals surface area contributed by atoms with Gasteiger partial charge in [-0.15, -0.1) is 0 Å². The van der Waals surface area contributed by atoms with Crippen LogP contribution in [0.25, 0.3) is 22.3 Å². The van der Waals surface area contributed by atoms with Crippen molar-refractivity contribution in [3.8, 4) is 22.3 Å². The van der Waals surface area contributed by atoms with Gasteiger partial charge in [-0.25, -0.2) is 0 Å². The Morgan fingerprint density at radius 3 is 1.13 bits per heavy atom. The van der Waals surface area contributed by atoms with Crippen LogP contribution in [-0.2, 0) is 30.2 Å². The summed E-state index contributed by atoms with van der Waals surface area (Å²) < 4.78 is 90.3. The van der Waals surface area contributed by atoms with Gasteiger partial charge in [-0.3, -0.25) is 24.2 Å². The number of Topliss-reactive ketones (excluding diaryl/α,β-unsaturated/α-hetero) is 1. The molecule has 0 N–H and O–H groups in total. The summed E-state index contributed by atoms with van der Waals surface area (Å²) in [7, 11) is 0. The monoisotopic (exact) mass is 976 g/mol. The molecule has 8 rings (SSSR count). The highest BCUT2D eigenvalue weighted by molar-refractivity contribution is 6.31. The van der Waals surface area contributed by atoms with Gasteiger partial charge in [0.1, 0.15) is 22.8 Å². The van der Waals surface area contributed by atoms with Gasteiger partial charge in [-0.2, -0.15) is 26.3 Å². The predicted molar refractivity (Wildman–Crippen MR) is 250 cm³/mol. The Hall–Kier alpha value is -5.87. The Balaban J connectivity index is 0.956. The lowest BCUT2D eigenvalue weighted by atomic mass is 10.0. The molecule has 0 radical (unpaired) electrons. The minimum atomic E-state index is -4.77. The number of hydrogen-bond acceptors (Lipinski definition) is 5. The standard InChI is InChI=1S/C51H48Cl2F6N6O3/c1-33(60-21-25-62(26-22-60)48(67)45-41(37-13-17-39(52)18-14-37)29-43(50(54,55)56)64(45)31-35-9-5-3-6-10-35)47(66)34(2)61-23-27-63(28-24-61)49(68)46-42(38-15-19-40(53)20-16-38)30-44(51(57,58)59)65(46)32-36-11-7-4-8-12-36/h3-20,29-30,33-34H,21-28,31-32H2,1-2H3. The van der Waals surface area contributed by atoms with Gasteiger partial charge in [0.05, 0.1) is 12.1 Å². The van der Waals surface area contributed by atoms with Crippen LogP contribution in [-0.4, -0.2) is 111 Å². The molecule has 0 bridgehead atoms. The fourth-order valence-corrected chi connectivity index (χ4v) is 9.47. The van der Waals surface area contributed by atoms with Crippen LogP contribution < -0.4 is 0 Å². The van der Waals surface area contributed by atoms with Crippen LogP contribution in [0.15, 0.2) is 121 Å². The summed E-state index contributed by atoms with van der Waals surface area (Å²) in [6.07, 6.45) is -9.53. The number of benzene rings is 4. The van der Waals surface area contributed by atoms with Crippen molar-refractivity contribution in [1.29, 1.82) is 0 Å². The van der Waals surface area contributed by atoms with Crippen molar-refractivity contribution in [3.05, 3.63) is 165 Å². The quantitative estimate of drug-likeness (QED) is 0.114. The molecule has 2 saturated heterocycles. The Morgan fingerprint density at radius 1 is 0.500 bits per heavy atom. The zero-order valence-electron chi connectivity index (χ0n) is 37.2. The van der Waals surface area contributed by atoms with Gasteiger partial charge < -0.3 is 18.9 Å². The first-order valence-electron chi connectivity index (χ1n) is 22.2. The minimum Gasteiger partial charge on any atom is -0.335 e. The first-order valence-corrected chi connectivity index (χ1v) is 23.0. The number of nitrogens with zero attached hydrogens (tertiary/aromatic N) is 6. The van der Waals surface area contributed by atoms with Crippen LogP contribution in [0, 0.1) is 0 Å². The lowest BCUT2D eigenvalue weighted by molar-refractivity contribution is -0.144. The molecule has 2 amide bonds. The van der Waals surface area contributed by atoms with E-state index in [0.29, 0.717) is 32.3 Å². The van der Waals surface area contributed by atoms with Crippen LogP contribution in [0.3, 0.4) is 0 Å². The van der Waals surface area contributed by atoms with E-state index in [1.807, 2.05) is 9.80 Å². The van der Waals surface area contributed by atoms with Crippen molar-refractivity contribution < 1.29 is 40.7 Å². The van der Waals surface area contributed by atoms with Crippen LogP contribution >= 0.6 is 23.2 Å². The van der Waals surface area contributed by atoms with Crippen LogP contribution in [0.2, 0.25) is 10.0 Å². The molecule has 0 aliphatic carbocycles. The summed E-state index contributed by atoms with van der Waals surface area (Å²) in [6, 6.07) is 30.7.